The SMILES string of the molecule is CCN(CC)S(=O)(=O)c1ccc2c(c1)CCN2CCC(=O)Nc1cccc(S(N)(=O)=O)c1. The van der Waals surface area contributed by atoms with E-state index in [-0.39, 0.29) is 22.1 Å². The van der Waals surface area contributed by atoms with E-state index >= 15 is 0 Å². The number of amides is 1. The molecule has 174 valence electrons. The molecule has 0 fully saturated rings. The van der Waals surface area contributed by atoms with Gasteiger partial charge < -0.3 is 10.2 Å². The second kappa shape index (κ2) is 9.57. The van der Waals surface area contributed by atoms with Crippen molar-refractivity contribution in [2.24, 2.45) is 5.14 Å². The van der Waals surface area contributed by atoms with Crippen LogP contribution in [0.3, 0.4) is 0 Å². The maximum atomic E-state index is 12.8. The first-order valence-corrected chi connectivity index (χ1v) is 13.4. The summed E-state index contributed by atoms with van der Waals surface area (Å²) in [5.41, 5.74) is 2.22. The Morgan fingerprint density at radius 3 is 2.44 bits per heavy atom. The molecule has 0 radical (unpaired) electrons. The number of carbonyl (C=O) groups is 1. The summed E-state index contributed by atoms with van der Waals surface area (Å²) in [4.78, 5) is 14.6. The molecular formula is C21H28N4O5S2. The van der Waals surface area contributed by atoms with Gasteiger partial charge in [-0.05, 0) is 48.4 Å². The Labute approximate surface area is 189 Å². The highest BCUT2D eigenvalue weighted by molar-refractivity contribution is 7.89. The predicted molar refractivity (Wildman–Crippen MR) is 124 cm³/mol. The van der Waals surface area contributed by atoms with E-state index in [0.717, 1.165) is 11.3 Å². The zero-order valence-corrected chi connectivity index (χ0v) is 19.7. The third-order valence-electron chi connectivity index (χ3n) is 5.44. The number of anilines is 2. The van der Waals surface area contributed by atoms with Crippen molar-refractivity contribution in [1.29, 1.82) is 0 Å². The fourth-order valence-electron chi connectivity index (χ4n) is 3.76. The molecule has 0 bridgehead atoms. The second-order valence-corrected chi connectivity index (χ2v) is 11.0. The molecule has 0 saturated carbocycles. The highest BCUT2D eigenvalue weighted by Gasteiger charge is 2.26. The van der Waals surface area contributed by atoms with Gasteiger partial charge in [-0.1, -0.05) is 19.9 Å². The smallest absolute Gasteiger partial charge is 0.243 e. The van der Waals surface area contributed by atoms with E-state index in [1.165, 1.54) is 22.5 Å². The molecule has 0 unspecified atom stereocenters. The van der Waals surface area contributed by atoms with Crippen LogP contribution in [-0.4, -0.2) is 53.2 Å². The van der Waals surface area contributed by atoms with Crippen molar-refractivity contribution in [3.8, 4) is 0 Å². The number of fused-ring (bicyclic) bond motifs is 1. The molecule has 32 heavy (non-hydrogen) atoms. The van der Waals surface area contributed by atoms with Crippen LogP contribution >= 0.6 is 0 Å². The van der Waals surface area contributed by atoms with E-state index < -0.39 is 20.0 Å². The average molecular weight is 481 g/mol. The van der Waals surface area contributed by atoms with E-state index in [9.17, 15) is 21.6 Å². The lowest BCUT2D eigenvalue weighted by Crippen LogP contribution is -2.30. The Bertz CT molecular complexity index is 1210. The zero-order valence-electron chi connectivity index (χ0n) is 18.1. The maximum absolute atomic E-state index is 12.8. The van der Waals surface area contributed by atoms with E-state index in [0.29, 0.717) is 38.3 Å². The Kier molecular flexibility index (Phi) is 7.23. The molecular weight excluding hydrogens is 452 g/mol. The number of hydrogen-bond donors (Lipinski definition) is 2. The van der Waals surface area contributed by atoms with Gasteiger partial charge in [0.05, 0.1) is 9.79 Å². The molecule has 0 aromatic heterocycles. The summed E-state index contributed by atoms with van der Waals surface area (Å²) >= 11 is 0. The first-order valence-electron chi connectivity index (χ1n) is 10.4. The number of nitrogens with two attached hydrogens (primary N) is 1. The van der Waals surface area contributed by atoms with Crippen LogP contribution in [0.2, 0.25) is 0 Å². The minimum atomic E-state index is -3.85. The van der Waals surface area contributed by atoms with E-state index in [4.69, 9.17) is 5.14 Å². The van der Waals surface area contributed by atoms with E-state index in [2.05, 4.69) is 5.32 Å². The second-order valence-electron chi connectivity index (χ2n) is 7.49. The maximum Gasteiger partial charge on any atom is 0.243 e. The summed E-state index contributed by atoms with van der Waals surface area (Å²) < 4.78 is 49.9. The standard InChI is InChI=1S/C21H28N4O5S2/c1-3-25(4-2)32(29,30)19-8-9-20-16(14-19)10-12-24(20)13-11-21(26)23-17-6-5-7-18(15-17)31(22,27)28/h5-9,14-15H,3-4,10-13H2,1-2H3,(H,23,26)(H2,22,27,28). The van der Waals surface area contributed by atoms with Crippen LogP contribution in [0.15, 0.2) is 52.3 Å². The van der Waals surface area contributed by atoms with Gasteiger partial charge in [-0.25, -0.2) is 22.0 Å². The Morgan fingerprint density at radius 1 is 1.06 bits per heavy atom. The van der Waals surface area contributed by atoms with E-state index in [1.807, 2.05) is 18.7 Å². The number of sulfonamides is 2. The Balaban J connectivity index is 1.65. The van der Waals surface area contributed by atoms with Gasteiger partial charge in [0.25, 0.3) is 0 Å². The van der Waals surface area contributed by atoms with Crippen LogP contribution in [0.25, 0.3) is 0 Å². The van der Waals surface area contributed by atoms with Gasteiger partial charge in [-0.3, -0.25) is 4.79 Å². The Hall–Kier alpha value is -2.47. The molecule has 0 atom stereocenters. The molecule has 3 rings (SSSR count). The largest absolute Gasteiger partial charge is 0.370 e. The zero-order chi connectivity index (χ0) is 23.5. The summed E-state index contributed by atoms with van der Waals surface area (Å²) in [7, 11) is -7.36. The summed E-state index contributed by atoms with van der Waals surface area (Å²) in [6.07, 6.45) is 0.896. The molecule has 2 aromatic carbocycles. The summed E-state index contributed by atoms with van der Waals surface area (Å²) in [6.45, 7) is 5.60. The quantitative estimate of drug-likeness (QED) is 0.562. The molecule has 0 spiro atoms. The lowest BCUT2D eigenvalue weighted by atomic mass is 10.2. The molecule has 2 aromatic rings. The highest BCUT2D eigenvalue weighted by atomic mass is 32.2. The fourth-order valence-corrected chi connectivity index (χ4v) is 5.83. The minimum absolute atomic E-state index is 0.0701. The predicted octanol–water partition coefficient (Wildman–Crippen LogP) is 1.76. The van der Waals surface area contributed by atoms with Crippen molar-refractivity contribution in [2.75, 3.05) is 36.4 Å². The number of benzene rings is 2. The van der Waals surface area contributed by atoms with Gasteiger partial charge >= 0.3 is 0 Å². The van der Waals surface area contributed by atoms with Crippen molar-refractivity contribution in [3.63, 3.8) is 0 Å². The van der Waals surface area contributed by atoms with Gasteiger partial charge in [0, 0.05) is 44.0 Å². The normalized spacial score (nSPS) is 13.9. The third kappa shape index (κ3) is 5.29. The molecule has 0 aliphatic carbocycles. The minimum Gasteiger partial charge on any atom is -0.370 e. The van der Waals surface area contributed by atoms with Crippen molar-refractivity contribution >= 4 is 37.3 Å². The van der Waals surface area contributed by atoms with Crippen molar-refractivity contribution in [3.05, 3.63) is 48.0 Å². The average Bonchev–Trinajstić information content (AvgIpc) is 3.15. The topological polar surface area (TPSA) is 130 Å². The first-order chi connectivity index (χ1) is 15.1. The van der Waals surface area contributed by atoms with Crippen molar-refractivity contribution < 1.29 is 21.6 Å². The van der Waals surface area contributed by atoms with Gasteiger partial charge in [0.1, 0.15) is 0 Å². The van der Waals surface area contributed by atoms with Gasteiger partial charge in [0.2, 0.25) is 26.0 Å². The molecule has 1 amide bonds. The monoisotopic (exact) mass is 480 g/mol. The van der Waals surface area contributed by atoms with E-state index in [1.54, 1.807) is 24.3 Å². The van der Waals surface area contributed by atoms with Crippen LogP contribution in [-0.2, 0) is 31.3 Å². The van der Waals surface area contributed by atoms with Crippen molar-refractivity contribution in [2.45, 2.75) is 36.5 Å². The number of nitrogens with zero attached hydrogens (tertiary/aromatic N) is 2. The van der Waals surface area contributed by atoms with Gasteiger partial charge in [-0.15, -0.1) is 0 Å². The molecule has 0 saturated heterocycles. The van der Waals surface area contributed by atoms with Crippen LogP contribution < -0.4 is 15.4 Å². The Morgan fingerprint density at radius 2 is 1.78 bits per heavy atom. The first kappa shape index (κ1) is 24.2. The summed E-state index contributed by atoms with van der Waals surface area (Å²) in [5.74, 6) is -0.259. The molecule has 9 nitrogen and oxygen atoms in total. The van der Waals surface area contributed by atoms with Gasteiger partial charge in [-0.2, -0.15) is 4.31 Å². The third-order valence-corrected chi connectivity index (χ3v) is 8.40. The fraction of sp³-hybridized carbons (Fsp3) is 0.381. The van der Waals surface area contributed by atoms with Gasteiger partial charge in [0.15, 0.2) is 0 Å². The molecule has 1 aliphatic heterocycles. The summed E-state index contributed by atoms with van der Waals surface area (Å²) in [5, 5.41) is 7.81. The number of nitrogens with one attached hydrogen (secondary N) is 1. The highest BCUT2D eigenvalue weighted by Crippen LogP contribution is 2.31. The van der Waals surface area contributed by atoms with Crippen molar-refractivity contribution in [1.82, 2.24) is 4.31 Å². The van der Waals surface area contributed by atoms with Crippen LogP contribution in [0, 0.1) is 0 Å². The summed E-state index contributed by atoms with van der Waals surface area (Å²) in [6, 6.07) is 10.9. The molecule has 1 aliphatic rings. The number of hydrogen-bond acceptors (Lipinski definition) is 6. The number of carbonyl (C=O) groups excluding carboxylic acids is 1. The lowest BCUT2D eigenvalue weighted by Gasteiger charge is -2.21. The van der Waals surface area contributed by atoms with Crippen LogP contribution in [0.1, 0.15) is 25.8 Å². The molecule has 1 heterocycles. The lowest BCUT2D eigenvalue weighted by molar-refractivity contribution is -0.116. The van der Waals surface area contributed by atoms with Crippen LogP contribution in [0.4, 0.5) is 11.4 Å². The number of rotatable bonds is 9. The molecule has 3 N–H and O–H groups in total. The number of primary sulfonamides is 1. The molecule has 11 heteroatoms. The van der Waals surface area contributed by atoms with Crippen LogP contribution in [0.5, 0.6) is 0 Å².